The van der Waals surface area contributed by atoms with Crippen LogP contribution >= 0.6 is 0 Å². The van der Waals surface area contributed by atoms with Crippen LogP contribution in [0.4, 0.5) is 11.4 Å². The number of amides is 1. The summed E-state index contributed by atoms with van der Waals surface area (Å²) in [6, 6.07) is 22.5. The van der Waals surface area contributed by atoms with E-state index in [2.05, 4.69) is 59.6 Å². The minimum Gasteiger partial charge on any atom is -0.478 e. The summed E-state index contributed by atoms with van der Waals surface area (Å²) < 4.78 is 0. The molecule has 2 N–H and O–H groups in total. The lowest BCUT2D eigenvalue weighted by Crippen LogP contribution is -2.40. The standard InChI is InChI=1S/C32H36N2O3/c1-23-20-26(25-13-15-29(16-14-25)34(2)3)11-12-27(23)22-32(18-5-4-6-19-32)31(37)33-28-9-7-8-24(21-28)10-17-30(35)36/h7-17,20-21H,4-6,18-19,22H2,1-3H3,(H,33,37)(H,35,36)/b17-10+. The minimum atomic E-state index is -0.998. The predicted octanol–water partition coefficient (Wildman–Crippen LogP) is 6.96. The van der Waals surface area contributed by atoms with Crippen LogP contribution in [-0.4, -0.2) is 31.1 Å². The third-order valence-corrected chi connectivity index (χ3v) is 7.44. The van der Waals surface area contributed by atoms with Gasteiger partial charge in [0.05, 0.1) is 5.41 Å². The van der Waals surface area contributed by atoms with E-state index in [4.69, 9.17) is 5.11 Å². The fraction of sp³-hybridized carbons (Fsp3) is 0.312. The van der Waals surface area contributed by atoms with E-state index < -0.39 is 11.4 Å². The van der Waals surface area contributed by atoms with Gasteiger partial charge < -0.3 is 15.3 Å². The number of nitrogens with zero attached hydrogens (tertiary/aromatic N) is 1. The van der Waals surface area contributed by atoms with Crippen molar-refractivity contribution in [2.75, 3.05) is 24.3 Å². The van der Waals surface area contributed by atoms with Gasteiger partial charge >= 0.3 is 5.97 Å². The number of aliphatic carboxylic acids is 1. The molecule has 0 heterocycles. The molecule has 0 bridgehead atoms. The van der Waals surface area contributed by atoms with Crippen molar-refractivity contribution in [2.45, 2.75) is 45.4 Å². The Labute approximate surface area is 219 Å². The number of benzene rings is 3. The molecule has 0 aliphatic heterocycles. The molecule has 3 aromatic carbocycles. The number of rotatable bonds is 8. The Balaban J connectivity index is 1.55. The van der Waals surface area contributed by atoms with Crippen LogP contribution in [-0.2, 0) is 16.0 Å². The van der Waals surface area contributed by atoms with Crippen LogP contribution < -0.4 is 10.2 Å². The lowest BCUT2D eigenvalue weighted by Gasteiger charge is -2.36. The molecule has 1 saturated carbocycles. The molecule has 1 fully saturated rings. The van der Waals surface area contributed by atoms with Crippen molar-refractivity contribution in [1.29, 1.82) is 0 Å². The van der Waals surface area contributed by atoms with Crippen LogP contribution in [0.15, 0.2) is 72.8 Å². The van der Waals surface area contributed by atoms with Crippen molar-refractivity contribution in [1.82, 2.24) is 0 Å². The Morgan fingerprint density at radius 2 is 1.65 bits per heavy atom. The normalized spacial score (nSPS) is 14.9. The molecule has 3 aromatic rings. The van der Waals surface area contributed by atoms with Gasteiger partial charge in [-0.25, -0.2) is 4.79 Å². The molecule has 0 aromatic heterocycles. The summed E-state index contributed by atoms with van der Waals surface area (Å²) in [5.41, 5.74) is 6.92. The molecule has 5 heteroatoms. The van der Waals surface area contributed by atoms with E-state index in [1.54, 1.807) is 0 Å². The molecule has 1 aliphatic carbocycles. The summed E-state index contributed by atoms with van der Waals surface area (Å²) >= 11 is 0. The average molecular weight is 497 g/mol. The molecule has 0 saturated heterocycles. The highest BCUT2D eigenvalue weighted by molar-refractivity contribution is 5.96. The third-order valence-electron chi connectivity index (χ3n) is 7.44. The van der Waals surface area contributed by atoms with E-state index in [1.165, 1.54) is 34.0 Å². The van der Waals surface area contributed by atoms with E-state index in [-0.39, 0.29) is 5.91 Å². The van der Waals surface area contributed by atoms with E-state index in [9.17, 15) is 9.59 Å². The molecule has 0 unspecified atom stereocenters. The molecule has 192 valence electrons. The number of carbonyl (C=O) groups excluding carboxylic acids is 1. The van der Waals surface area contributed by atoms with Crippen molar-refractivity contribution in [3.05, 3.63) is 89.5 Å². The van der Waals surface area contributed by atoms with Gasteiger partial charge in [0.1, 0.15) is 0 Å². The van der Waals surface area contributed by atoms with E-state index in [0.29, 0.717) is 12.1 Å². The Morgan fingerprint density at radius 3 is 2.30 bits per heavy atom. The molecule has 37 heavy (non-hydrogen) atoms. The maximum atomic E-state index is 13.7. The van der Waals surface area contributed by atoms with Gasteiger partial charge in [-0.2, -0.15) is 0 Å². The minimum absolute atomic E-state index is 0.0503. The summed E-state index contributed by atoms with van der Waals surface area (Å²) in [4.78, 5) is 26.7. The third kappa shape index (κ3) is 6.48. The Hall–Kier alpha value is -3.86. The molecule has 0 radical (unpaired) electrons. The van der Waals surface area contributed by atoms with Gasteiger partial charge in [-0.3, -0.25) is 4.79 Å². The Morgan fingerprint density at radius 1 is 0.946 bits per heavy atom. The van der Waals surface area contributed by atoms with Crippen molar-refractivity contribution in [3.63, 3.8) is 0 Å². The largest absolute Gasteiger partial charge is 0.478 e. The van der Waals surface area contributed by atoms with Crippen LogP contribution in [0, 0.1) is 12.3 Å². The molecule has 5 nitrogen and oxygen atoms in total. The number of carboxylic acids is 1. The summed E-state index contributed by atoms with van der Waals surface area (Å²) in [5.74, 6) is -0.947. The topological polar surface area (TPSA) is 69.6 Å². The monoisotopic (exact) mass is 496 g/mol. The second-order valence-electron chi connectivity index (χ2n) is 10.4. The van der Waals surface area contributed by atoms with Gasteiger partial charge in [-0.1, -0.05) is 61.7 Å². The van der Waals surface area contributed by atoms with Gasteiger partial charge in [0, 0.05) is 31.5 Å². The van der Waals surface area contributed by atoms with Crippen molar-refractivity contribution >= 4 is 29.3 Å². The molecule has 0 spiro atoms. The number of nitrogens with one attached hydrogen (secondary N) is 1. The highest BCUT2D eigenvalue weighted by atomic mass is 16.4. The lowest BCUT2D eigenvalue weighted by molar-refractivity contribution is -0.131. The zero-order chi connectivity index (χ0) is 26.4. The molecule has 1 aliphatic rings. The first-order chi connectivity index (χ1) is 17.8. The number of anilines is 2. The predicted molar refractivity (Wildman–Crippen MR) is 152 cm³/mol. The Kier molecular flexibility index (Phi) is 8.12. The van der Waals surface area contributed by atoms with Crippen molar-refractivity contribution in [2.24, 2.45) is 5.41 Å². The van der Waals surface area contributed by atoms with E-state index in [0.717, 1.165) is 43.7 Å². The summed E-state index contributed by atoms with van der Waals surface area (Å²) in [5, 5.41) is 12.1. The van der Waals surface area contributed by atoms with Gasteiger partial charge in [0.25, 0.3) is 0 Å². The van der Waals surface area contributed by atoms with Crippen LogP contribution in [0.1, 0.15) is 48.8 Å². The van der Waals surface area contributed by atoms with Gasteiger partial charge in [0.15, 0.2) is 0 Å². The summed E-state index contributed by atoms with van der Waals surface area (Å²) in [7, 11) is 4.08. The highest BCUT2D eigenvalue weighted by Gasteiger charge is 2.39. The van der Waals surface area contributed by atoms with Crippen LogP contribution in [0.25, 0.3) is 17.2 Å². The molecule has 1 amide bonds. The number of hydrogen-bond acceptors (Lipinski definition) is 3. The SMILES string of the molecule is Cc1cc(-c2ccc(N(C)C)cc2)ccc1CC1(C(=O)Nc2cccc(/C=C/C(=O)O)c2)CCCCC1. The van der Waals surface area contributed by atoms with Crippen molar-refractivity contribution < 1.29 is 14.7 Å². The zero-order valence-corrected chi connectivity index (χ0v) is 22.0. The second-order valence-corrected chi connectivity index (χ2v) is 10.4. The van der Waals surface area contributed by atoms with Gasteiger partial charge in [-0.15, -0.1) is 0 Å². The number of carboxylic acid groups (broad SMARTS) is 1. The molecular weight excluding hydrogens is 460 g/mol. The first-order valence-electron chi connectivity index (χ1n) is 13.0. The molecule has 0 atom stereocenters. The van der Waals surface area contributed by atoms with Gasteiger partial charge in [-0.05, 0) is 84.3 Å². The first-order valence-corrected chi connectivity index (χ1v) is 13.0. The fourth-order valence-corrected chi connectivity index (χ4v) is 5.25. The fourth-order valence-electron chi connectivity index (χ4n) is 5.25. The average Bonchev–Trinajstić information content (AvgIpc) is 2.89. The summed E-state index contributed by atoms with van der Waals surface area (Å²) in [6.45, 7) is 2.14. The van der Waals surface area contributed by atoms with E-state index >= 15 is 0 Å². The van der Waals surface area contributed by atoms with Gasteiger partial charge in [0.2, 0.25) is 5.91 Å². The number of hydrogen-bond donors (Lipinski definition) is 2. The maximum Gasteiger partial charge on any atom is 0.328 e. The molecule has 4 rings (SSSR count). The second kappa shape index (κ2) is 11.5. The van der Waals surface area contributed by atoms with Crippen LogP contribution in [0.2, 0.25) is 0 Å². The van der Waals surface area contributed by atoms with Crippen LogP contribution in [0.5, 0.6) is 0 Å². The quantitative estimate of drug-likeness (QED) is 0.331. The number of aryl methyl sites for hydroxylation is 1. The maximum absolute atomic E-state index is 13.7. The lowest BCUT2D eigenvalue weighted by atomic mass is 9.69. The first kappa shape index (κ1) is 26.2. The smallest absolute Gasteiger partial charge is 0.328 e. The van der Waals surface area contributed by atoms with Crippen LogP contribution in [0.3, 0.4) is 0 Å². The molecular formula is C32H36N2O3. The van der Waals surface area contributed by atoms with Crippen molar-refractivity contribution in [3.8, 4) is 11.1 Å². The summed E-state index contributed by atoms with van der Waals surface area (Å²) in [6.07, 6.45) is 8.33. The number of carbonyl (C=O) groups is 2. The Bertz CT molecular complexity index is 1290. The highest BCUT2D eigenvalue weighted by Crippen LogP contribution is 2.41. The zero-order valence-electron chi connectivity index (χ0n) is 22.0. The van der Waals surface area contributed by atoms with E-state index in [1.807, 2.05) is 38.4 Å².